The molecule has 3 nitrogen and oxygen atoms in total. The molecule has 1 rings (SSSR count). The van der Waals surface area contributed by atoms with Crippen molar-refractivity contribution in [2.75, 3.05) is 0 Å². The van der Waals surface area contributed by atoms with Gasteiger partial charge >= 0.3 is 12.1 Å². The van der Waals surface area contributed by atoms with Gasteiger partial charge in [0, 0.05) is 0 Å². The van der Waals surface area contributed by atoms with Crippen molar-refractivity contribution in [1.82, 2.24) is 0 Å². The van der Waals surface area contributed by atoms with E-state index in [1.807, 2.05) is 0 Å². The molecule has 0 radical (unpaired) electrons. The molecule has 0 heterocycles. The van der Waals surface area contributed by atoms with Crippen LogP contribution in [0.1, 0.15) is 42.3 Å². The zero-order chi connectivity index (χ0) is 14.8. The molecule has 0 fully saturated rings. The summed E-state index contributed by atoms with van der Waals surface area (Å²) in [4.78, 5) is 11.7. The fraction of sp³-hybridized carbons (Fsp3) is 0.462. The maximum atomic E-state index is 12.7. The van der Waals surface area contributed by atoms with Crippen LogP contribution < -0.4 is 0 Å². The predicted molar refractivity (Wildman–Crippen MR) is 62.5 cm³/mol. The van der Waals surface area contributed by atoms with Gasteiger partial charge in [-0.2, -0.15) is 13.2 Å². The molecule has 0 aliphatic heterocycles. The lowest BCUT2D eigenvalue weighted by Gasteiger charge is -2.20. The predicted octanol–water partition coefficient (Wildman–Crippen LogP) is 3.15. The van der Waals surface area contributed by atoms with Gasteiger partial charge in [-0.1, -0.05) is 0 Å². The van der Waals surface area contributed by atoms with Gasteiger partial charge in [-0.25, -0.2) is 4.79 Å². The summed E-state index contributed by atoms with van der Waals surface area (Å²) in [6.07, 6.45) is -4.58. The van der Waals surface area contributed by atoms with Gasteiger partial charge in [-0.05, 0) is 44.5 Å². The minimum atomic E-state index is -4.58. The molecule has 106 valence electrons. The maximum Gasteiger partial charge on any atom is 0.416 e. The van der Waals surface area contributed by atoms with Crippen LogP contribution >= 0.6 is 0 Å². The molecule has 0 amide bonds. The summed E-state index contributed by atoms with van der Waals surface area (Å²) in [6.45, 7) is 4.27. The van der Waals surface area contributed by atoms with E-state index < -0.39 is 29.9 Å². The summed E-state index contributed by atoms with van der Waals surface area (Å²) in [5.41, 5.74) is -2.01. The van der Waals surface area contributed by atoms with Gasteiger partial charge in [-0.15, -0.1) is 0 Å². The molecule has 0 aliphatic rings. The third-order valence-electron chi connectivity index (χ3n) is 2.14. The van der Waals surface area contributed by atoms with Crippen LogP contribution in [0.4, 0.5) is 13.2 Å². The number of ether oxygens (including phenoxy) is 1. The van der Waals surface area contributed by atoms with E-state index in [1.54, 1.807) is 20.8 Å². The smallest absolute Gasteiger partial charge is 0.416 e. The number of hydrogen-bond donors (Lipinski definition) is 1. The molecule has 1 N–H and O–H groups in total. The Balaban J connectivity index is 3.18. The molecule has 0 aliphatic carbocycles. The normalized spacial score (nSPS) is 12.4. The number of alkyl halides is 3. The molecule has 19 heavy (non-hydrogen) atoms. The van der Waals surface area contributed by atoms with Crippen LogP contribution in [0.15, 0.2) is 18.2 Å². The zero-order valence-corrected chi connectivity index (χ0v) is 10.8. The van der Waals surface area contributed by atoms with E-state index in [2.05, 4.69) is 0 Å². The lowest BCUT2D eigenvalue weighted by molar-refractivity contribution is -0.137. The lowest BCUT2D eigenvalue weighted by Crippen LogP contribution is -2.24. The van der Waals surface area contributed by atoms with Crippen molar-refractivity contribution in [1.29, 1.82) is 0 Å². The Labute approximate surface area is 109 Å². The maximum absolute atomic E-state index is 12.7. The van der Waals surface area contributed by atoms with E-state index in [4.69, 9.17) is 9.84 Å². The molecule has 6 heteroatoms. The van der Waals surface area contributed by atoms with Gasteiger partial charge in [0.2, 0.25) is 0 Å². The second-order valence-corrected chi connectivity index (χ2v) is 5.08. The van der Waals surface area contributed by atoms with E-state index in [1.165, 1.54) is 6.07 Å². The van der Waals surface area contributed by atoms with Gasteiger partial charge in [0.1, 0.15) is 5.60 Å². The summed E-state index contributed by atoms with van der Waals surface area (Å²) in [7, 11) is 0. The van der Waals surface area contributed by atoms with Gasteiger partial charge < -0.3 is 9.84 Å². The quantitative estimate of drug-likeness (QED) is 0.844. The van der Waals surface area contributed by atoms with Gasteiger partial charge in [-0.3, -0.25) is 0 Å². The highest BCUT2D eigenvalue weighted by molar-refractivity contribution is 5.90. The van der Waals surface area contributed by atoms with Crippen molar-refractivity contribution >= 4 is 5.97 Å². The average Bonchev–Trinajstić information content (AvgIpc) is 2.25. The number of benzene rings is 1. The summed E-state index contributed by atoms with van der Waals surface area (Å²) in [6, 6.07) is 2.70. The lowest BCUT2D eigenvalue weighted by atomic mass is 10.1. The summed E-state index contributed by atoms with van der Waals surface area (Å²) < 4.78 is 43.0. The SMILES string of the molecule is CC(C)(C)OC(=O)c1cc(CO)cc(C(F)(F)F)c1. The number of rotatable bonds is 2. The standard InChI is InChI=1S/C13H15F3O3/c1-12(2,3)19-11(18)9-4-8(7-17)5-10(6-9)13(14,15)16/h4-6,17H,7H2,1-3H3. The van der Waals surface area contributed by atoms with Crippen LogP contribution in [-0.4, -0.2) is 16.7 Å². The van der Waals surface area contributed by atoms with Crippen LogP contribution in [0.25, 0.3) is 0 Å². The Kier molecular flexibility index (Phi) is 4.25. The van der Waals surface area contributed by atoms with Crippen molar-refractivity contribution < 1.29 is 27.8 Å². The summed E-state index contributed by atoms with van der Waals surface area (Å²) >= 11 is 0. The van der Waals surface area contributed by atoms with Gasteiger partial charge in [0.05, 0.1) is 17.7 Å². The minimum Gasteiger partial charge on any atom is -0.456 e. The van der Waals surface area contributed by atoms with E-state index in [9.17, 15) is 18.0 Å². The fourth-order valence-corrected chi connectivity index (χ4v) is 1.40. The number of halogens is 3. The van der Waals surface area contributed by atoms with E-state index in [-0.39, 0.29) is 11.1 Å². The molecule has 0 saturated heterocycles. The molecule has 0 spiro atoms. The van der Waals surface area contributed by atoms with Crippen LogP contribution in [0.2, 0.25) is 0 Å². The number of aliphatic hydroxyl groups is 1. The highest BCUT2D eigenvalue weighted by Gasteiger charge is 2.32. The highest BCUT2D eigenvalue weighted by atomic mass is 19.4. The first-order valence-corrected chi connectivity index (χ1v) is 5.58. The molecule has 0 bridgehead atoms. The summed E-state index contributed by atoms with van der Waals surface area (Å²) in [5.74, 6) is -0.853. The highest BCUT2D eigenvalue weighted by Crippen LogP contribution is 2.31. The molecule has 0 atom stereocenters. The van der Waals surface area contributed by atoms with Gasteiger partial charge in [0.15, 0.2) is 0 Å². The van der Waals surface area contributed by atoms with Crippen molar-refractivity contribution in [3.05, 3.63) is 34.9 Å². The minimum absolute atomic E-state index is 0.00989. The van der Waals surface area contributed by atoms with Crippen molar-refractivity contribution in [2.45, 2.75) is 39.2 Å². The number of esters is 1. The Morgan fingerprint density at radius 3 is 2.21 bits per heavy atom. The van der Waals surface area contributed by atoms with E-state index in [0.717, 1.165) is 6.07 Å². The third-order valence-corrected chi connectivity index (χ3v) is 2.14. The fourth-order valence-electron chi connectivity index (χ4n) is 1.40. The first-order valence-electron chi connectivity index (χ1n) is 5.58. The van der Waals surface area contributed by atoms with Crippen molar-refractivity contribution in [3.8, 4) is 0 Å². The molecule has 0 aromatic heterocycles. The number of carbonyl (C=O) groups is 1. The van der Waals surface area contributed by atoms with Crippen molar-refractivity contribution in [2.24, 2.45) is 0 Å². The second-order valence-electron chi connectivity index (χ2n) is 5.08. The Hall–Kier alpha value is -1.56. The average molecular weight is 276 g/mol. The molecular formula is C13H15F3O3. The molecule has 0 unspecified atom stereocenters. The monoisotopic (exact) mass is 276 g/mol. The molecular weight excluding hydrogens is 261 g/mol. The van der Waals surface area contributed by atoms with Crippen LogP contribution in [0, 0.1) is 0 Å². The first-order chi connectivity index (χ1) is 8.53. The second kappa shape index (κ2) is 5.21. The number of aliphatic hydroxyl groups excluding tert-OH is 1. The van der Waals surface area contributed by atoms with Crippen LogP contribution in [0.5, 0.6) is 0 Å². The van der Waals surface area contributed by atoms with Crippen molar-refractivity contribution in [3.63, 3.8) is 0 Å². The number of hydrogen-bond acceptors (Lipinski definition) is 3. The Morgan fingerprint density at radius 1 is 1.21 bits per heavy atom. The van der Waals surface area contributed by atoms with E-state index in [0.29, 0.717) is 6.07 Å². The Morgan fingerprint density at radius 2 is 1.79 bits per heavy atom. The molecule has 1 aromatic rings. The van der Waals surface area contributed by atoms with Crippen LogP contribution in [0.3, 0.4) is 0 Å². The van der Waals surface area contributed by atoms with Gasteiger partial charge in [0.25, 0.3) is 0 Å². The topological polar surface area (TPSA) is 46.5 Å². The van der Waals surface area contributed by atoms with E-state index >= 15 is 0 Å². The third kappa shape index (κ3) is 4.55. The zero-order valence-electron chi connectivity index (χ0n) is 10.8. The summed E-state index contributed by atoms with van der Waals surface area (Å²) in [5, 5.41) is 8.95. The number of carbonyl (C=O) groups excluding carboxylic acids is 1. The largest absolute Gasteiger partial charge is 0.456 e. The molecule has 1 aromatic carbocycles. The first kappa shape index (κ1) is 15.5. The van der Waals surface area contributed by atoms with Crippen LogP contribution in [-0.2, 0) is 17.5 Å². The Bertz CT molecular complexity index is 473. The molecule has 0 saturated carbocycles.